The molecule has 0 bridgehead atoms. The van der Waals surface area contributed by atoms with Crippen molar-refractivity contribution in [1.82, 2.24) is 5.32 Å². The van der Waals surface area contributed by atoms with Crippen LogP contribution in [0.1, 0.15) is 30.6 Å². The van der Waals surface area contributed by atoms with E-state index in [1.807, 2.05) is 0 Å². The number of carbonyl (C=O) groups excluding carboxylic acids is 1. The quantitative estimate of drug-likeness (QED) is 0.759. The first-order chi connectivity index (χ1) is 9.00. The van der Waals surface area contributed by atoms with Crippen molar-refractivity contribution in [3.8, 4) is 0 Å². The first kappa shape index (κ1) is 16.5. The van der Waals surface area contributed by atoms with Gasteiger partial charge in [-0.3, -0.25) is 4.79 Å². The highest BCUT2D eigenvalue weighted by Gasteiger charge is 2.06. The minimum atomic E-state index is -0.0961. The maximum atomic E-state index is 11.8. The summed E-state index contributed by atoms with van der Waals surface area (Å²) >= 11 is 9.18. The zero-order chi connectivity index (χ0) is 14.3. The monoisotopic (exact) mass is 347 g/mol. The van der Waals surface area contributed by atoms with E-state index in [1.165, 1.54) is 0 Å². The standard InChI is InChI=1S/C14H19BrClNO2/c1-10(2)9-19-7-3-6-17-14(18)11-4-5-13(16)12(15)8-11/h4-5,8,10H,3,6-7,9H2,1-2H3,(H,17,18). The van der Waals surface area contributed by atoms with E-state index in [-0.39, 0.29) is 5.91 Å². The van der Waals surface area contributed by atoms with Crippen molar-refractivity contribution in [2.75, 3.05) is 19.8 Å². The van der Waals surface area contributed by atoms with Crippen LogP contribution in [0.2, 0.25) is 5.02 Å². The lowest BCUT2D eigenvalue weighted by atomic mass is 10.2. The Bertz CT molecular complexity index is 424. The molecule has 1 aromatic carbocycles. The molecule has 0 radical (unpaired) electrons. The van der Waals surface area contributed by atoms with E-state index in [1.54, 1.807) is 18.2 Å². The highest BCUT2D eigenvalue weighted by Crippen LogP contribution is 2.23. The Morgan fingerprint density at radius 1 is 1.47 bits per heavy atom. The number of ether oxygens (including phenoxy) is 1. The molecule has 0 spiro atoms. The number of hydrogen-bond donors (Lipinski definition) is 1. The van der Waals surface area contributed by atoms with Gasteiger partial charge in [-0.05, 0) is 46.5 Å². The molecule has 0 saturated carbocycles. The maximum Gasteiger partial charge on any atom is 0.251 e. The predicted octanol–water partition coefficient (Wildman–Crippen LogP) is 3.90. The topological polar surface area (TPSA) is 38.3 Å². The molecular formula is C14H19BrClNO2. The predicted molar refractivity (Wildman–Crippen MR) is 81.8 cm³/mol. The van der Waals surface area contributed by atoms with Gasteiger partial charge >= 0.3 is 0 Å². The minimum Gasteiger partial charge on any atom is -0.381 e. The van der Waals surface area contributed by atoms with Crippen LogP contribution in [0, 0.1) is 5.92 Å². The van der Waals surface area contributed by atoms with Gasteiger partial charge < -0.3 is 10.1 Å². The lowest BCUT2D eigenvalue weighted by molar-refractivity contribution is 0.0925. The third-order valence-corrected chi connectivity index (χ3v) is 3.60. The van der Waals surface area contributed by atoms with E-state index in [2.05, 4.69) is 35.1 Å². The second-order valence-corrected chi connectivity index (χ2v) is 5.97. The van der Waals surface area contributed by atoms with Crippen LogP contribution >= 0.6 is 27.5 Å². The fourth-order valence-electron chi connectivity index (χ4n) is 1.43. The van der Waals surface area contributed by atoms with Crippen LogP contribution in [0.4, 0.5) is 0 Å². The highest BCUT2D eigenvalue weighted by atomic mass is 79.9. The number of hydrogen-bond acceptors (Lipinski definition) is 2. The van der Waals surface area contributed by atoms with Gasteiger partial charge in [0.1, 0.15) is 0 Å². The molecule has 0 aliphatic heterocycles. The van der Waals surface area contributed by atoms with E-state index < -0.39 is 0 Å². The van der Waals surface area contributed by atoms with Crippen molar-refractivity contribution >= 4 is 33.4 Å². The molecule has 106 valence electrons. The molecule has 1 rings (SSSR count). The molecule has 1 amide bonds. The summed E-state index contributed by atoms with van der Waals surface area (Å²) in [5.41, 5.74) is 0.597. The molecule has 3 nitrogen and oxygen atoms in total. The summed E-state index contributed by atoms with van der Waals surface area (Å²) in [5, 5.41) is 3.45. The van der Waals surface area contributed by atoms with Gasteiger partial charge in [0.25, 0.3) is 5.91 Å². The molecule has 1 N–H and O–H groups in total. The van der Waals surface area contributed by atoms with E-state index in [4.69, 9.17) is 16.3 Å². The SMILES string of the molecule is CC(C)COCCCNC(=O)c1ccc(Cl)c(Br)c1. The van der Waals surface area contributed by atoms with Crippen molar-refractivity contribution in [3.63, 3.8) is 0 Å². The van der Waals surface area contributed by atoms with Gasteiger partial charge in [-0.25, -0.2) is 0 Å². The van der Waals surface area contributed by atoms with Gasteiger partial charge in [-0.1, -0.05) is 25.4 Å². The van der Waals surface area contributed by atoms with Crippen molar-refractivity contribution < 1.29 is 9.53 Å². The van der Waals surface area contributed by atoms with Crippen LogP contribution in [-0.2, 0) is 4.74 Å². The lowest BCUT2D eigenvalue weighted by Gasteiger charge is -2.08. The zero-order valence-electron chi connectivity index (χ0n) is 11.2. The molecule has 0 aliphatic carbocycles. The number of nitrogens with one attached hydrogen (secondary N) is 1. The summed E-state index contributed by atoms with van der Waals surface area (Å²) in [6, 6.07) is 5.12. The van der Waals surface area contributed by atoms with Crippen molar-refractivity contribution in [3.05, 3.63) is 33.3 Å². The summed E-state index contributed by atoms with van der Waals surface area (Å²) in [6.45, 7) is 6.26. The zero-order valence-corrected chi connectivity index (χ0v) is 13.6. The van der Waals surface area contributed by atoms with Gasteiger partial charge in [0.15, 0.2) is 0 Å². The third kappa shape index (κ3) is 6.41. The second kappa shape index (κ2) is 8.56. The normalized spacial score (nSPS) is 10.8. The molecule has 5 heteroatoms. The van der Waals surface area contributed by atoms with Gasteiger partial charge in [-0.2, -0.15) is 0 Å². The molecule has 19 heavy (non-hydrogen) atoms. The van der Waals surface area contributed by atoms with E-state index >= 15 is 0 Å². The molecular weight excluding hydrogens is 330 g/mol. The van der Waals surface area contributed by atoms with Gasteiger partial charge in [0, 0.05) is 29.8 Å². The van der Waals surface area contributed by atoms with Crippen LogP contribution in [0.25, 0.3) is 0 Å². The van der Waals surface area contributed by atoms with Crippen molar-refractivity contribution in [2.45, 2.75) is 20.3 Å². The average Bonchev–Trinajstić information content (AvgIpc) is 2.36. The minimum absolute atomic E-state index is 0.0961. The fraction of sp³-hybridized carbons (Fsp3) is 0.500. The smallest absolute Gasteiger partial charge is 0.251 e. The first-order valence-corrected chi connectivity index (χ1v) is 7.48. The Kier molecular flexibility index (Phi) is 7.42. The Morgan fingerprint density at radius 3 is 2.84 bits per heavy atom. The molecule has 1 aromatic rings. The largest absolute Gasteiger partial charge is 0.381 e. The van der Waals surface area contributed by atoms with Crippen molar-refractivity contribution in [1.29, 1.82) is 0 Å². The first-order valence-electron chi connectivity index (χ1n) is 6.31. The fourth-order valence-corrected chi connectivity index (χ4v) is 1.93. The number of benzene rings is 1. The molecule has 0 heterocycles. The lowest BCUT2D eigenvalue weighted by Crippen LogP contribution is -2.25. The third-order valence-electron chi connectivity index (χ3n) is 2.38. The Labute approximate surface area is 127 Å². The van der Waals surface area contributed by atoms with E-state index in [0.29, 0.717) is 29.7 Å². The van der Waals surface area contributed by atoms with Crippen LogP contribution in [0.3, 0.4) is 0 Å². The summed E-state index contributed by atoms with van der Waals surface area (Å²) in [4.78, 5) is 11.8. The Balaban J connectivity index is 2.26. The number of rotatable bonds is 7. The number of halogens is 2. The molecule has 0 unspecified atom stereocenters. The maximum absolute atomic E-state index is 11.8. The molecule has 0 fully saturated rings. The number of amides is 1. The molecule has 0 aromatic heterocycles. The average molecular weight is 349 g/mol. The van der Waals surface area contributed by atoms with Gasteiger partial charge in [0.05, 0.1) is 5.02 Å². The highest BCUT2D eigenvalue weighted by molar-refractivity contribution is 9.10. The molecule has 0 saturated heterocycles. The van der Waals surface area contributed by atoms with Crippen LogP contribution in [-0.4, -0.2) is 25.7 Å². The van der Waals surface area contributed by atoms with Gasteiger partial charge in [-0.15, -0.1) is 0 Å². The van der Waals surface area contributed by atoms with Crippen LogP contribution in [0.15, 0.2) is 22.7 Å². The number of carbonyl (C=O) groups is 1. The van der Waals surface area contributed by atoms with Crippen LogP contribution in [0.5, 0.6) is 0 Å². The Hall–Kier alpha value is -0.580. The van der Waals surface area contributed by atoms with E-state index in [0.717, 1.165) is 17.5 Å². The van der Waals surface area contributed by atoms with E-state index in [9.17, 15) is 4.79 Å². The van der Waals surface area contributed by atoms with Crippen molar-refractivity contribution in [2.24, 2.45) is 5.92 Å². The summed E-state index contributed by atoms with van der Waals surface area (Å²) in [5.74, 6) is 0.447. The Morgan fingerprint density at radius 2 is 2.21 bits per heavy atom. The van der Waals surface area contributed by atoms with Gasteiger partial charge in [0.2, 0.25) is 0 Å². The summed E-state index contributed by atoms with van der Waals surface area (Å²) in [7, 11) is 0. The molecule has 0 aliphatic rings. The second-order valence-electron chi connectivity index (χ2n) is 4.71. The summed E-state index contributed by atoms with van der Waals surface area (Å²) < 4.78 is 6.17. The molecule has 0 atom stereocenters. The summed E-state index contributed by atoms with van der Waals surface area (Å²) in [6.07, 6.45) is 0.813. The van der Waals surface area contributed by atoms with Crippen LogP contribution < -0.4 is 5.32 Å².